The van der Waals surface area contributed by atoms with E-state index in [1.54, 1.807) is 30.3 Å². The van der Waals surface area contributed by atoms with Crippen LogP contribution in [0.5, 0.6) is 0 Å². The predicted molar refractivity (Wildman–Crippen MR) is 140 cm³/mol. The van der Waals surface area contributed by atoms with Crippen LogP contribution in [0.15, 0.2) is 70.8 Å². The van der Waals surface area contributed by atoms with Gasteiger partial charge in [-0.25, -0.2) is 0 Å². The van der Waals surface area contributed by atoms with E-state index in [0.717, 1.165) is 49.9 Å². The van der Waals surface area contributed by atoms with Crippen molar-refractivity contribution in [2.75, 3.05) is 44.2 Å². The molecule has 9 heteroatoms. The second-order valence-corrected chi connectivity index (χ2v) is 9.03. The van der Waals surface area contributed by atoms with Gasteiger partial charge in [-0.1, -0.05) is 35.9 Å². The van der Waals surface area contributed by atoms with E-state index in [1.807, 2.05) is 18.2 Å². The van der Waals surface area contributed by atoms with Crippen LogP contribution >= 0.6 is 11.6 Å². The Balaban J connectivity index is 1.28. The van der Waals surface area contributed by atoms with Crippen LogP contribution in [0.1, 0.15) is 6.42 Å². The molecule has 1 aromatic heterocycles. The lowest BCUT2D eigenvalue weighted by atomic mass is 10.2. The summed E-state index contributed by atoms with van der Waals surface area (Å²) >= 11 is 6.11. The van der Waals surface area contributed by atoms with E-state index in [0.29, 0.717) is 17.6 Å². The van der Waals surface area contributed by atoms with Crippen molar-refractivity contribution in [1.82, 2.24) is 19.4 Å². The van der Waals surface area contributed by atoms with Gasteiger partial charge in [-0.05, 0) is 43.3 Å². The third-order valence-electron chi connectivity index (χ3n) is 6.27. The number of piperazine rings is 1. The van der Waals surface area contributed by atoms with Crippen LogP contribution in [-0.2, 0) is 17.9 Å². The fraction of sp³-hybridized carbons (Fsp3) is 0.346. The Morgan fingerprint density at radius 3 is 2.34 bits per heavy atom. The summed E-state index contributed by atoms with van der Waals surface area (Å²) in [6.07, 6.45) is 2.38. The van der Waals surface area contributed by atoms with Crippen molar-refractivity contribution in [2.45, 2.75) is 19.5 Å². The first-order chi connectivity index (χ1) is 17.0. The number of benzene rings is 2. The van der Waals surface area contributed by atoms with Crippen molar-refractivity contribution >= 4 is 34.2 Å². The van der Waals surface area contributed by atoms with Crippen molar-refractivity contribution in [1.29, 1.82) is 0 Å². The van der Waals surface area contributed by atoms with Crippen molar-refractivity contribution in [3.63, 3.8) is 0 Å². The second kappa shape index (κ2) is 11.4. The summed E-state index contributed by atoms with van der Waals surface area (Å²) in [4.78, 5) is 42.6. The molecule has 0 spiro atoms. The molecule has 0 bridgehead atoms. The van der Waals surface area contributed by atoms with Gasteiger partial charge < -0.3 is 10.2 Å². The molecule has 8 nitrogen and oxygen atoms in total. The van der Waals surface area contributed by atoms with Gasteiger partial charge in [0.15, 0.2) is 0 Å². The van der Waals surface area contributed by atoms with Crippen molar-refractivity contribution < 1.29 is 4.79 Å². The molecule has 1 aliphatic rings. The van der Waals surface area contributed by atoms with Crippen LogP contribution in [0.3, 0.4) is 0 Å². The molecule has 1 fully saturated rings. The maximum absolute atomic E-state index is 12.7. The highest BCUT2D eigenvalue weighted by Crippen LogP contribution is 2.20. The number of para-hydroxylation sites is 2. The summed E-state index contributed by atoms with van der Waals surface area (Å²) in [6, 6.07) is 15.0. The molecular weight excluding hydrogens is 466 g/mol. The quantitative estimate of drug-likeness (QED) is 0.280. The molecule has 0 aliphatic carbocycles. The third-order valence-corrected chi connectivity index (χ3v) is 6.50. The third kappa shape index (κ3) is 5.83. The van der Waals surface area contributed by atoms with Gasteiger partial charge in [-0.3, -0.25) is 28.4 Å². The van der Waals surface area contributed by atoms with Crippen molar-refractivity contribution in [3.05, 3.63) is 86.9 Å². The maximum atomic E-state index is 12.7. The number of hydrogen-bond acceptors (Lipinski definition) is 5. The minimum Gasteiger partial charge on any atom is -0.369 e. The van der Waals surface area contributed by atoms with Gasteiger partial charge in [0.2, 0.25) is 5.91 Å². The van der Waals surface area contributed by atoms with Gasteiger partial charge in [-0.15, -0.1) is 6.58 Å². The Labute approximate surface area is 209 Å². The first kappa shape index (κ1) is 24.8. The number of fused-ring (bicyclic) bond motifs is 1. The van der Waals surface area contributed by atoms with Gasteiger partial charge in [0, 0.05) is 50.0 Å². The molecule has 0 radical (unpaired) electrons. The molecule has 35 heavy (non-hydrogen) atoms. The molecule has 1 saturated heterocycles. The van der Waals surface area contributed by atoms with Crippen LogP contribution in [0.25, 0.3) is 11.0 Å². The lowest BCUT2D eigenvalue weighted by Crippen LogP contribution is -2.47. The summed E-state index contributed by atoms with van der Waals surface area (Å²) in [5, 5.41) is 3.63. The fourth-order valence-electron chi connectivity index (χ4n) is 4.47. The molecule has 3 aromatic rings. The first-order valence-corrected chi connectivity index (χ1v) is 12.2. The molecule has 0 saturated carbocycles. The monoisotopic (exact) mass is 495 g/mol. The Morgan fingerprint density at radius 1 is 0.971 bits per heavy atom. The largest absolute Gasteiger partial charge is 0.369 e. The first-order valence-electron chi connectivity index (χ1n) is 11.8. The normalized spacial score (nSPS) is 14.3. The summed E-state index contributed by atoms with van der Waals surface area (Å²) < 4.78 is 2.63. The van der Waals surface area contributed by atoms with E-state index in [1.165, 1.54) is 9.13 Å². The van der Waals surface area contributed by atoms with E-state index in [9.17, 15) is 14.4 Å². The summed E-state index contributed by atoms with van der Waals surface area (Å²) in [5.41, 5.74) is 0.921. The summed E-state index contributed by atoms with van der Waals surface area (Å²) in [6.45, 7) is 8.84. The minimum atomic E-state index is -0.710. The number of anilines is 1. The average molecular weight is 496 g/mol. The highest BCUT2D eigenvalue weighted by Gasteiger charge is 2.18. The van der Waals surface area contributed by atoms with Gasteiger partial charge in [0.1, 0.15) is 6.54 Å². The number of nitrogens with one attached hydrogen (secondary N) is 1. The molecule has 1 aliphatic heterocycles. The molecular formula is C26H30ClN5O3. The Hall–Kier alpha value is -3.36. The zero-order chi connectivity index (χ0) is 24.8. The lowest BCUT2D eigenvalue weighted by Gasteiger charge is -2.36. The zero-order valence-corrected chi connectivity index (χ0v) is 20.4. The molecule has 2 aromatic carbocycles. The lowest BCUT2D eigenvalue weighted by molar-refractivity contribution is -0.121. The number of amides is 1. The fourth-order valence-corrected chi connectivity index (χ4v) is 4.65. The summed E-state index contributed by atoms with van der Waals surface area (Å²) in [5.74, 6) is -0.288. The number of carbonyl (C=O) groups excluding carboxylic acids is 1. The highest BCUT2D eigenvalue weighted by molar-refractivity contribution is 6.30. The van der Waals surface area contributed by atoms with E-state index in [-0.39, 0.29) is 19.0 Å². The van der Waals surface area contributed by atoms with E-state index >= 15 is 0 Å². The number of nitrogens with zero attached hydrogens (tertiary/aromatic N) is 4. The number of rotatable bonds is 9. The van der Waals surface area contributed by atoms with Gasteiger partial charge in [0.25, 0.3) is 0 Å². The van der Waals surface area contributed by atoms with E-state index < -0.39 is 11.1 Å². The number of allylic oxidation sites excluding steroid dienone is 1. The molecule has 184 valence electrons. The number of hydrogen-bond donors (Lipinski definition) is 1. The Morgan fingerprint density at radius 2 is 1.66 bits per heavy atom. The topological polar surface area (TPSA) is 79.6 Å². The Bertz CT molecular complexity index is 1320. The summed E-state index contributed by atoms with van der Waals surface area (Å²) in [7, 11) is 0. The SMILES string of the molecule is C=CCn1c(=O)c(=O)n(CC(=O)NCCCN2CCN(c3cccc(Cl)c3)CC2)c2ccccc21. The predicted octanol–water partition coefficient (Wildman–Crippen LogP) is 2.33. The van der Waals surface area contributed by atoms with Crippen LogP contribution in [0.2, 0.25) is 5.02 Å². The average Bonchev–Trinajstić information content (AvgIpc) is 2.87. The molecule has 0 unspecified atom stereocenters. The molecule has 1 amide bonds. The number of carbonyl (C=O) groups is 1. The van der Waals surface area contributed by atoms with Crippen LogP contribution < -0.4 is 21.3 Å². The van der Waals surface area contributed by atoms with Crippen LogP contribution in [0, 0.1) is 0 Å². The van der Waals surface area contributed by atoms with Crippen LogP contribution in [-0.4, -0.2) is 59.2 Å². The van der Waals surface area contributed by atoms with Crippen molar-refractivity contribution in [2.24, 2.45) is 0 Å². The van der Waals surface area contributed by atoms with Crippen molar-refractivity contribution in [3.8, 4) is 0 Å². The minimum absolute atomic E-state index is 0.193. The number of halogens is 1. The van der Waals surface area contributed by atoms with Gasteiger partial charge in [-0.2, -0.15) is 0 Å². The van der Waals surface area contributed by atoms with E-state index in [2.05, 4.69) is 27.8 Å². The highest BCUT2D eigenvalue weighted by atomic mass is 35.5. The number of aromatic nitrogens is 2. The second-order valence-electron chi connectivity index (χ2n) is 8.60. The van der Waals surface area contributed by atoms with E-state index in [4.69, 9.17) is 11.6 Å². The molecule has 0 atom stereocenters. The molecule has 4 rings (SSSR count). The molecule has 1 N–H and O–H groups in total. The smallest absolute Gasteiger partial charge is 0.317 e. The van der Waals surface area contributed by atoms with Gasteiger partial charge >= 0.3 is 11.1 Å². The van der Waals surface area contributed by atoms with Crippen LogP contribution in [0.4, 0.5) is 5.69 Å². The maximum Gasteiger partial charge on any atom is 0.317 e. The zero-order valence-electron chi connectivity index (χ0n) is 19.7. The standard InChI is InChI=1S/C26H30ClN5O3/c1-2-12-31-22-9-3-4-10-23(22)32(26(35)25(31)34)19-24(33)28-11-6-13-29-14-16-30(17-15-29)21-8-5-7-20(27)18-21/h2-5,7-10,18H,1,6,11-17,19H2,(H,28,33). The molecule has 2 heterocycles. The Kier molecular flexibility index (Phi) is 8.05. The van der Waals surface area contributed by atoms with Gasteiger partial charge in [0.05, 0.1) is 11.0 Å².